The molecule has 20 heavy (non-hydrogen) atoms. The normalized spacial score (nSPS) is 19.2. The van der Waals surface area contributed by atoms with Crippen molar-refractivity contribution in [1.82, 2.24) is 14.8 Å². The molecule has 5 nitrogen and oxygen atoms in total. The topological polar surface area (TPSA) is 48.5 Å². The summed E-state index contributed by atoms with van der Waals surface area (Å²) in [4.78, 5) is 20.9. The fraction of sp³-hybridized carbons (Fsp3) is 0.600. The third-order valence-corrected chi connectivity index (χ3v) is 3.78. The van der Waals surface area contributed by atoms with E-state index in [1.807, 2.05) is 17.9 Å². The molecule has 110 valence electrons. The molecule has 1 aromatic rings. The number of carbonyl (C=O) groups excluding carboxylic acids is 1. The average molecular weight is 276 g/mol. The van der Waals surface area contributed by atoms with E-state index >= 15 is 0 Å². The van der Waals surface area contributed by atoms with E-state index in [-0.39, 0.29) is 5.91 Å². The van der Waals surface area contributed by atoms with Crippen LogP contribution < -0.4 is 5.32 Å². The molecule has 1 aliphatic heterocycles. The van der Waals surface area contributed by atoms with Crippen LogP contribution in [0.5, 0.6) is 0 Å². The fourth-order valence-corrected chi connectivity index (χ4v) is 2.55. The zero-order chi connectivity index (χ0) is 14.5. The highest BCUT2D eigenvalue weighted by molar-refractivity contribution is 5.92. The summed E-state index contributed by atoms with van der Waals surface area (Å²) in [7, 11) is 4.14. The average Bonchev–Trinajstić information content (AvgIpc) is 2.48. The number of nitrogens with zero attached hydrogens (tertiary/aromatic N) is 3. The van der Waals surface area contributed by atoms with Crippen LogP contribution in [-0.2, 0) is 0 Å². The number of likely N-dealkylation sites (N-methyl/N-ethyl adjacent to an activating group) is 1. The quantitative estimate of drug-likeness (QED) is 0.909. The molecule has 0 aromatic carbocycles. The molecule has 0 saturated carbocycles. The Morgan fingerprint density at radius 3 is 2.90 bits per heavy atom. The molecular weight excluding hydrogens is 252 g/mol. The summed E-state index contributed by atoms with van der Waals surface area (Å²) in [6, 6.07) is 4.17. The molecule has 0 bridgehead atoms. The van der Waals surface area contributed by atoms with Crippen LogP contribution in [0.15, 0.2) is 18.3 Å². The first-order chi connectivity index (χ1) is 9.61. The molecule has 2 heterocycles. The maximum absolute atomic E-state index is 12.5. The van der Waals surface area contributed by atoms with Crippen molar-refractivity contribution < 1.29 is 4.79 Å². The number of likely N-dealkylation sites (tertiary alicyclic amines) is 1. The summed E-state index contributed by atoms with van der Waals surface area (Å²) >= 11 is 0. The molecular formula is C15H24N4O. The van der Waals surface area contributed by atoms with Crippen LogP contribution in [0.2, 0.25) is 0 Å². The lowest BCUT2D eigenvalue weighted by atomic mass is 10.0. The van der Waals surface area contributed by atoms with Gasteiger partial charge in [-0.3, -0.25) is 4.79 Å². The SMILES string of the molecule is CCNc1ccc(C(=O)N2CCCC(N(C)C)C2)nc1. The van der Waals surface area contributed by atoms with E-state index in [1.54, 1.807) is 12.3 Å². The van der Waals surface area contributed by atoms with Gasteiger partial charge in [-0.2, -0.15) is 0 Å². The Morgan fingerprint density at radius 2 is 2.30 bits per heavy atom. The molecule has 1 amide bonds. The number of aromatic nitrogens is 1. The first-order valence-electron chi connectivity index (χ1n) is 7.27. The Hall–Kier alpha value is -1.62. The molecule has 0 spiro atoms. The van der Waals surface area contributed by atoms with E-state index in [0.717, 1.165) is 38.2 Å². The van der Waals surface area contributed by atoms with Crippen molar-refractivity contribution >= 4 is 11.6 Å². The Morgan fingerprint density at radius 1 is 1.50 bits per heavy atom. The zero-order valence-corrected chi connectivity index (χ0v) is 12.6. The first kappa shape index (κ1) is 14.8. The highest BCUT2D eigenvalue weighted by atomic mass is 16.2. The highest BCUT2D eigenvalue weighted by Gasteiger charge is 2.26. The van der Waals surface area contributed by atoms with Crippen LogP contribution in [0, 0.1) is 0 Å². The molecule has 5 heteroatoms. The maximum atomic E-state index is 12.5. The second kappa shape index (κ2) is 6.70. The van der Waals surface area contributed by atoms with Crippen LogP contribution in [0.1, 0.15) is 30.3 Å². The Balaban J connectivity index is 2.02. The lowest BCUT2D eigenvalue weighted by Gasteiger charge is -2.35. The molecule has 1 aromatic heterocycles. The fourth-order valence-electron chi connectivity index (χ4n) is 2.55. The summed E-state index contributed by atoms with van der Waals surface area (Å²) in [6.45, 7) is 4.52. The molecule has 2 rings (SSSR count). The molecule has 1 aliphatic rings. The number of hydrogen-bond donors (Lipinski definition) is 1. The van der Waals surface area contributed by atoms with Gasteiger partial charge in [-0.25, -0.2) is 4.98 Å². The number of rotatable bonds is 4. The Bertz CT molecular complexity index is 444. The Kier molecular flexibility index (Phi) is 4.95. The molecule has 0 radical (unpaired) electrons. The van der Waals surface area contributed by atoms with Crippen molar-refractivity contribution in [3.63, 3.8) is 0 Å². The van der Waals surface area contributed by atoms with E-state index in [9.17, 15) is 4.79 Å². The van der Waals surface area contributed by atoms with Crippen LogP contribution in [0.3, 0.4) is 0 Å². The van der Waals surface area contributed by atoms with E-state index in [4.69, 9.17) is 0 Å². The van der Waals surface area contributed by atoms with Gasteiger partial charge in [-0.1, -0.05) is 0 Å². The van der Waals surface area contributed by atoms with Gasteiger partial charge < -0.3 is 15.1 Å². The minimum absolute atomic E-state index is 0.0413. The number of nitrogens with one attached hydrogen (secondary N) is 1. The van der Waals surface area contributed by atoms with Gasteiger partial charge in [0.05, 0.1) is 11.9 Å². The second-order valence-electron chi connectivity index (χ2n) is 5.47. The van der Waals surface area contributed by atoms with Gasteiger partial charge in [0.2, 0.25) is 0 Å². The number of hydrogen-bond acceptors (Lipinski definition) is 4. The van der Waals surface area contributed by atoms with Gasteiger partial charge in [-0.15, -0.1) is 0 Å². The first-order valence-corrected chi connectivity index (χ1v) is 7.27. The van der Waals surface area contributed by atoms with E-state index in [1.165, 1.54) is 0 Å². The summed E-state index contributed by atoms with van der Waals surface area (Å²) in [5, 5.41) is 3.18. The molecule has 1 unspecified atom stereocenters. The van der Waals surface area contributed by atoms with Crippen LogP contribution >= 0.6 is 0 Å². The smallest absolute Gasteiger partial charge is 0.272 e. The van der Waals surface area contributed by atoms with Crippen molar-refractivity contribution in [2.75, 3.05) is 39.0 Å². The number of amides is 1. The largest absolute Gasteiger partial charge is 0.384 e. The van der Waals surface area contributed by atoms with Gasteiger partial charge in [0.25, 0.3) is 5.91 Å². The van der Waals surface area contributed by atoms with E-state index in [2.05, 4.69) is 29.3 Å². The standard InChI is InChI=1S/C15H24N4O/c1-4-16-12-7-8-14(17-10-12)15(20)19-9-5-6-13(11-19)18(2)3/h7-8,10,13,16H,4-6,9,11H2,1-3H3. The summed E-state index contributed by atoms with van der Waals surface area (Å²) in [5.74, 6) is 0.0413. The van der Waals surface area contributed by atoms with Crippen LogP contribution in [0.25, 0.3) is 0 Å². The molecule has 0 aliphatic carbocycles. The number of anilines is 1. The van der Waals surface area contributed by atoms with Gasteiger partial charge >= 0.3 is 0 Å². The third kappa shape index (κ3) is 3.48. The lowest BCUT2D eigenvalue weighted by molar-refractivity contribution is 0.0629. The summed E-state index contributed by atoms with van der Waals surface area (Å²) in [6.07, 6.45) is 3.94. The maximum Gasteiger partial charge on any atom is 0.272 e. The summed E-state index contributed by atoms with van der Waals surface area (Å²) in [5.41, 5.74) is 1.49. The zero-order valence-electron chi connectivity index (χ0n) is 12.6. The van der Waals surface area contributed by atoms with E-state index in [0.29, 0.717) is 11.7 Å². The van der Waals surface area contributed by atoms with Crippen LogP contribution in [-0.4, -0.2) is 60.5 Å². The predicted octanol–water partition coefficient (Wildman–Crippen LogP) is 1.68. The van der Waals surface area contributed by atoms with Gasteiger partial charge in [0, 0.05) is 25.7 Å². The van der Waals surface area contributed by atoms with Gasteiger partial charge in [0.1, 0.15) is 5.69 Å². The van der Waals surface area contributed by atoms with Crippen molar-refractivity contribution in [2.45, 2.75) is 25.8 Å². The number of piperidine rings is 1. The Labute approximate surface area is 121 Å². The van der Waals surface area contributed by atoms with Crippen LogP contribution in [0.4, 0.5) is 5.69 Å². The third-order valence-electron chi connectivity index (χ3n) is 3.78. The van der Waals surface area contributed by atoms with Gasteiger partial charge in [0.15, 0.2) is 0 Å². The molecule has 1 atom stereocenters. The second-order valence-corrected chi connectivity index (χ2v) is 5.47. The van der Waals surface area contributed by atoms with Crippen molar-refractivity contribution in [3.05, 3.63) is 24.0 Å². The van der Waals surface area contributed by atoms with E-state index < -0.39 is 0 Å². The molecule has 1 fully saturated rings. The molecule has 1 N–H and O–H groups in total. The number of carbonyl (C=O) groups is 1. The predicted molar refractivity (Wildman–Crippen MR) is 81.0 cm³/mol. The number of pyridine rings is 1. The van der Waals surface area contributed by atoms with Crippen molar-refractivity contribution in [1.29, 1.82) is 0 Å². The highest BCUT2D eigenvalue weighted by Crippen LogP contribution is 2.16. The minimum Gasteiger partial charge on any atom is -0.384 e. The monoisotopic (exact) mass is 276 g/mol. The summed E-state index contributed by atoms with van der Waals surface area (Å²) < 4.78 is 0. The molecule has 1 saturated heterocycles. The minimum atomic E-state index is 0.0413. The van der Waals surface area contributed by atoms with Gasteiger partial charge in [-0.05, 0) is 46.0 Å². The van der Waals surface area contributed by atoms with Crippen molar-refractivity contribution in [3.8, 4) is 0 Å². The lowest BCUT2D eigenvalue weighted by Crippen LogP contribution is -2.47. The van der Waals surface area contributed by atoms with Crippen molar-refractivity contribution in [2.24, 2.45) is 0 Å².